The summed E-state index contributed by atoms with van der Waals surface area (Å²) in [5, 5.41) is 3.21. The van der Waals surface area contributed by atoms with Gasteiger partial charge >= 0.3 is 0 Å². The second kappa shape index (κ2) is 6.46. The molecule has 0 saturated carbocycles. The van der Waals surface area contributed by atoms with Crippen molar-refractivity contribution in [2.24, 2.45) is 0 Å². The molecule has 0 aliphatic heterocycles. The molecule has 1 aromatic carbocycles. The van der Waals surface area contributed by atoms with Gasteiger partial charge in [0.05, 0.1) is 5.02 Å². The van der Waals surface area contributed by atoms with E-state index < -0.39 is 5.82 Å². The molecule has 1 aromatic heterocycles. The maximum absolute atomic E-state index is 14.2. The van der Waals surface area contributed by atoms with E-state index in [1.54, 1.807) is 25.4 Å². The highest BCUT2D eigenvalue weighted by atomic mass is 79.9. The van der Waals surface area contributed by atoms with E-state index in [0.29, 0.717) is 16.5 Å². The van der Waals surface area contributed by atoms with Gasteiger partial charge in [0, 0.05) is 34.4 Å². The molecular formula is C14H13BrClFN2. The zero-order valence-electron chi connectivity index (χ0n) is 10.3. The predicted octanol–water partition coefficient (Wildman–Crippen LogP) is 4.14. The number of nitrogens with one attached hydrogen (secondary N) is 1. The average molecular weight is 344 g/mol. The molecule has 19 heavy (non-hydrogen) atoms. The monoisotopic (exact) mass is 342 g/mol. The Bertz CT molecular complexity index is 563. The number of rotatable bonds is 4. The zero-order valence-corrected chi connectivity index (χ0v) is 12.7. The molecule has 2 rings (SSSR count). The van der Waals surface area contributed by atoms with Crippen LogP contribution < -0.4 is 5.32 Å². The van der Waals surface area contributed by atoms with E-state index in [0.717, 1.165) is 5.69 Å². The summed E-state index contributed by atoms with van der Waals surface area (Å²) < 4.78 is 14.7. The number of hydrogen-bond acceptors (Lipinski definition) is 2. The SMILES string of the molecule is CNC(Cc1ccccn1)c1ccc(Br)c(Cl)c1F. The molecule has 0 amide bonds. The minimum Gasteiger partial charge on any atom is -0.313 e. The molecule has 0 fully saturated rings. The number of hydrogen-bond donors (Lipinski definition) is 1. The normalized spacial score (nSPS) is 12.4. The maximum Gasteiger partial charge on any atom is 0.147 e. The van der Waals surface area contributed by atoms with Crippen LogP contribution in [0, 0.1) is 5.82 Å². The van der Waals surface area contributed by atoms with Crippen molar-refractivity contribution in [1.29, 1.82) is 0 Å². The topological polar surface area (TPSA) is 24.9 Å². The summed E-state index contributed by atoms with van der Waals surface area (Å²) in [7, 11) is 1.79. The van der Waals surface area contributed by atoms with E-state index in [4.69, 9.17) is 11.6 Å². The standard InChI is InChI=1S/C14H13BrClFN2/c1-18-12(8-9-4-2-3-7-19-9)10-5-6-11(15)13(16)14(10)17/h2-7,12,18H,8H2,1H3. The van der Waals surface area contributed by atoms with Crippen molar-refractivity contribution in [1.82, 2.24) is 10.3 Å². The van der Waals surface area contributed by atoms with Gasteiger partial charge in [0.15, 0.2) is 0 Å². The molecule has 0 saturated heterocycles. The predicted molar refractivity (Wildman–Crippen MR) is 78.9 cm³/mol. The lowest BCUT2D eigenvalue weighted by Crippen LogP contribution is -2.20. The van der Waals surface area contributed by atoms with Crippen molar-refractivity contribution in [2.45, 2.75) is 12.5 Å². The summed E-state index contributed by atoms with van der Waals surface area (Å²) in [6.45, 7) is 0. The molecule has 100 valence electrons. The molecule has 1 atom stereocenters. The van der Waals surface area contributed by atoms with E-state index in [1.165, 1.54) is 0 Å². The Labute approximate surface area is 125 Å². The van der Waals surface area contributed by atoms with Crippen molar-refractivity contribution in [2.75, 3.05) is 7.05 Å². The number of aromatic nitrogens is 1. The lowest BCUT2D eigenvalue weighted by atomic mass is 10.0. The first kappa shape index (κ1) is 14.4. The summed E-state index contributed by atoms with van der Waals surface area (Å²) in [5.41, 5.74) is 1.45. The molecule has 5 heteroatoms. The van der Waals surface area contributed by atoms with Gasteiger partial charge in [-0.25, -0.2) is 4.39 Å². The minimum atomic E-state index is -0.397. The number of likely N-dealkylation sites (N-methyl/N-ethyl adjacent to an activating group) is 1. The van der Waals surface area contributed by atoms with Gasteiger partial charge in [-0.05, 0) is 41.2 Å². The summed E-state index contributed by atoms with van der Waals surface area (Å²) in [5.74, 6) is -0.397. The van der Waals surface area contributed by atoms with Crippen LogP contribution in [-0.2, 0) is 6.42 Å². The van der Waals surface area contributed by atoms with E-state index in [-0.39, 0.29) is 11.1 Å². The van der Waals surface area contributed by atoms with Crippen molar-refractivity contribution in [3.63, 3.8) is 0 Å². The highest BCUT2D eigenvalue weighted by Gasteiger charge is 2.18. The molecule has 0 spiro atoms. The largest absolute Gasteiger partial charge is 0.313 e. The fourth-order valence-corrected chi connectivity index (χ4v) is 2.38. The Hall–Kier alpha value is -0.970. The summed E-state index contributed by atoms with van der Waals surface area (Å²) in [6, 6.07) is 9.01. The Morgan fingerprint density at radius 3 is 2.79 bits per heavy atom. The lowest BCUT2D eigenvalue weighted by molar-refractivity contribution is 0.530. The van der Waals surface area contributed by atoms with E-state index in [2.05, 4.69) is 26.2 Å². The quantitative estimate of drug-likeness (QED) is 0.844. The number of nitrogens with zero attached hydrogens (tertiary/aromatic N) is 1. The highest BCUT2D eigenvalue weighted by Crippen LogP contribution is 2.31. The van der Waals surface area contributed by atoms with Crippen LogP contribution in [-0.4, -0.2) is 12.0 Å². The van der Waals surface area contributed by atoms with E-state index in [9.17, 15) is 4.39 Å². The molecular weight excluding hydrogens is 331 g/mol. The smallest absolute Gasteiger partial charge is 0.147 e. The van der Waals surface area contributed by atoms with Crippen molar-refractivity contribution < 1.29 is 4.39 Å². The van der Waals surface area contributed by atoms with E-state index in [1.807, 2.05) is 18.2 Å². The fraction of sp³-hybridized carbons (Fsp3) is 0.214. The van der Waals surface area contributed by atoms with Crippen LogP contribution in [0.25, 0.3) is 0 Å². The third-order valence-electron chi connectivity index (χ3n) is 2.93. The number of pyridine rings is 1. The summed E-state index contributed by atoms with van der Waals surface area (Å²) in [4.78, 5) is 4.26. The van der Waals surface area contributed by atoms with Crippen molar-refractivity contribution >= 4 is 27.5 Å². The maximum atomic E-state index is 14.2. The van der Waals surface area contributed by atoms with Gasteiger partial charge in [0.1, 0.15) is 5.82 Å². The molecule has 0 bridgehead atoms. The molecule has 0 aliphatic carbocycles. The van der Waals surface area contributed by atoms with Gasteiger partial charge in [0.25, 0.3) is 0 Å². The van der Waals surface area contributed by atoms with Gasteiger partial charge in [-0.1, -0.05) is 23.7 Å². The number of halogens is 3. The molecule has 0 aliphatic rings. The van der Waals surface area contributed by atoms with Crippen molar-refractivity contribution in [3.05, 3.63) is 63.1 Å². The first-order valence-electron chi connectivity index (χ1n) is 5.84. The molecule has 2 aromatic rings. The molecule has 2 nitrogen and oxygen atoms in total. The van der Waals surface area contributed by atoms with Gasteiger partial charge in [-0.15, -0.1) is 0 Å². The van der Waals surface area contributed by atoms with Gasteiger partial charge in [-0.2, -0.15) is 0 Å². The Morgan fingerprint density at radius 1 is 1.37 bits per heavy atom. The third kappa shape index (κ3) is 3.32. The van der Waals surface area contributed by atoms with Gasteiger partial charge in [-0.3, -0.25) is 4.98 Å². The first-order valence-corrected chi connectivity index (χ1v) is 7.01. The Morgan fingerprint density at radius 2 is 2.16 bits per heavy atom. The molecule has 1 unspecified atom stereocenters. The summed E-state index contributed by atoms with van der Waals surface area (Å²) >= 11 is 9.13. The van der Waals surface area contributed by atoms with Crippen LogP contribution >= 0.6 is 27.5 Å². The van der Waals surface area contributed by atoms with Crippen LogP contribution in [0.5, 0.6) is 0 Å². The zero-order chi connectivity index (χ0) is 13.8. The summed E-state index contributed by atoms with van der Waals surface area (Å²) in [6.07, 6.45) is 2.33. The van der Waals surface area contributed by atoms with Crippen molar-refractivity contribution in [3.8, 4) is 0 Å². The average Bonchev–Trinajstić information content (AvgIpc) is 2.44. The second-order valence-electron chi connectivity index (χ2n) is 4.13. The van der Waals surface area contributed by atoms with Crippen LogP contribution in [0.3, 0.4) is 0 Å². The molecule has 0 radical (unpaired) electrons. The highest BCUT2D eigenvalue weighted by molar-refractivity contribution is 9.10. The lowest BCUT2D eigenvalue weighted by Gasteiger charge is -2.18. The first-order chi connectivity index (χ1) is 9.13. The van der Waals surface area contributed by atoms with Gasteiger partial charge in [0.2, 0.25) is 0 Å². The molecule has 1 N–H and O–H groups in total. The van der Waals surface area contributed by atoms with Crippen LogP contribution in [0.15, 0.2) is 41.0 Å². The van der Waals surface area contributed by atoms with Crippen LogP contribution in [0.1, 0.15) is 17.3 Å². The van der Waals surface area contributed by atoms with Gasteiger partial charge < -0.3 is 5.32 Å². The Balaban J connectivity index is 2.30. The Kier molecular flexibility index (Phi) is 4.91. The third-order valence-corrected chi connectivity index (χ3v) is 4.19. The van der Waals surface area contributed by atoms with Crippen LogP contribution in [0.2, 0.25) is 5.02 Å². The second-order valence-corrected chi connectivity index (χ2v) is 5.36. The van der Waals surface area contributed by atoms with Crippen LogP contribution in [0.4, 0.5) is 4.39 Å². The van der Waals surface area contributed by atoms with E-state index >= 15 is 0 Å². The molecule has 1 heterocycles. The number of benzene rings is 1. The fourth-order valence-electron chi connectivity index (χ4n) is 1.91. The minimum absolute atomic E-state index is 0.110.